The molecule has 0 saturated carbocycles. The molecule has 68 valence electrons. The number of nitrogens with one attached hydrogen (secondary N) is 1. The highest BCUT2D eigenvalue weighted by molar-refractivity contribution is 5.28. The van der Waals surface area contributed by atoms with Gasteiger partial charge in [0, 0.05) is 6.54 Å². The third-order valence-corrected chi connectivity index (χ3v) is 1.49. The lowest BCUT2D eigenvalue weighted by Gasteiger charge is -2.03. The van der Waals surface area contributed by atoms with Gasteiger partial charge in [-0.3, -0.25) is 0 Å². The molecule has 0 fully saturated rings. The molecule has 0 saturated heterocycles. The molecule has 0 aliphatic carbocycles. The zero-order valence-corrected chi connectivity index (χ0v) is 7.03. The van der Waals surface area contributed by atoms with E-state index in [1.807, 2.05) is 17.6 Å². The van der Waals surface area contributed by atoms with Gasteiger partial charge in [0.2, 0.25) is 0 Å². The molecule has 2 N–H and O–H groups in total. The fourth-order valence-electron chi connectivity index (χ4n) is 0.952. The molecule has 0 atom stereocenters. The Morgan fingerprint density at radius 2 is 2.38 bits per heavy atom. The molecule has 4 nitrogen and oxygen atoms in total. The molecular weight excluding hydrogens is 168 g/mol. The largest absolute Gasteiger partial charge is 0.479 e. The second-order valence-corrected chi connectivity index (χ2v) is 2.43. The molecule has 0 bridgehead atoms. The van der Waals surface area contributed by atoms with Gasteiger partial charge in [-0.2, -0.15) is 5.26 Å². The van der Waals surface area contributed by atoms with E-state index in [1.165, 1.54) is 0 Å². The fraction of sp³-hybridized carbons (Fsp3) is 0.222. The van der Waals surface area contributed by atoms with E-state index >= 15 is 0 Å². The van der Waals surface area contributed by atoms with Crippen molar-refractivity contribution in [1.82, 2.24) is 5.48 Å². The van der Waals surface area contributed by atoms with Crippen molar-refractivity contribution in [3.05, 3.63) is 29.8 Å². The number of hydrogen-bond donors (Lipinski definition) is 2. The van der Waals surface area contributed by atoms with Crippen LogP contribution in [0.1, 0.15) is 5.56 Å². The van der Waals surface area contributed by atoms with E-state index in [0.29, 0.717) is 12.3 Å². The number of ether oxygens (including phenoxy) is 1. The molecule has 1 aromatic carbocycles. The van der Waals surface area contributed by atoms with Crippen molar-refractivity contribution >= 4 is 0 Å². The van der Waals surface area contributed by atoms with Crippen molar-refractivity contribution in [2.24, 2.45) is 0 Å². The van der Waals surface area contributed by atoms with E-state index in [4.69, 9.17) is 15.2 Å². The van der Waals surface area contributed by atoms with E-state index in [0.717, 1.165) is 5.56 Å². The van der Waals surface area contributed by atoms with E-state index in [9.17, 15) is 0 Å². The summed E-state index contributed by atoms with van der Waals surface area (Å²) in [5.41, 5.74) is 2.95. The minimum Gasteiger partial charge on any atom is -0.479 e. The topological polar surface area (TPSA) is 65.3 Å². The van der Waals surface area contributed by atoms with Crippen LogP contribution in [0.5, 0.6) is 5.75 Å². The Balaban J connectivity index is 2.63. The third kappa shape index (κ3) is 3.11. The van der Waals surface area contributed by atoms with Crippen LogP contribution in [0.25, 0.3) is 0 Å². The summed E-state index contributed by atoms with van der Waals surface area (Å²) in [5.74, 6) is 0.634. The Kier molecular flexibility index (Phi) is 3.76. The molecule has 0 aliphatic heterocycles. The summed E-state index contributed by atoms with van der Waals surface area (Å²) in [6.45, 7) is 0.403. The van der Waals surface area contributed by atoms with Gasteiger partial charge in [0.1, 0.15) is 11.8 Å². The molecule has 0 aromatic heterocycles. The molecule has 4 heteroatoms. The van der Waals surface area contributed by atoms with Gasteiger partial charge in [0.05, 0.1) is 0 Å². The smallest absolute Gasteiger partial charge is 0.174 e. The van der Waals surface area contributed by atoms with Crippen molar-refractivity contribution < 1.29 is 9.94 Å². The highest BCUT2D eigenvalue weighted by atomic mass is 16.5. The van der Waals surface area contributed by atoms with Crippen LogP contribution in [0.2, 0.25) is 0 Å². The normalized spacial score (nSPS) is 9.23. The molecule has 1 aromatic rings. The van der Waals surface area contributed by atoms with Crippen molar-refractivity contribution in [3.63, 3.8) is 0 Å². The molecule has 1 rings (SSSR count). The first-order valence-electron chi connectivity index (χ1n) is 3.82. The molecule has 0 amide bonds. The van der Waals surface area contributed by atoms with Crippen molar-refractivity contribution in [2.45, 2.75) is 6.54 Å². The van der Waals surface area contributed by atoms with Crippen molar-refractivity contribution in [3.8, 4) is 11.8 Å². The zero-order valence-electron chi connectivity index (χ0n) is 7.03. The lowest BCUT2D eigenvalue weighted by Crippen LogP contribution is -2.06. The van der Waals surface area contributed by atoms with Crippen LogP contribution >= 0.6 is 0 Å². The average Bonchev–Trinajstić information content (AvgIpc) is 2.16. The Morgan fingerprint density at radius 3 is 3.08 bits per heavy atom. The summed E-state index contributed by atoms with van der Waals surface area (Å²) < 4.78 is 5.07. The van der Waals surface area contributed by atoms with E-state index in [2.05, 4.69) is 0 Å². The second kappa shape index (κ2) is 5.14. The number of hydrogen-bond acceptors (Lipinski definition) is 4. The minimum atomic E-state index is 0.0377. The van der Waals surface area contributed by atoms with Crippen molar-refractivity contribution in [2.75, 3.05) is 6.61 Å². The van der Waals surface area contributed by atoms with Gasteiger partial charge in [-0.1, -0.05) is 12.1 Å². The molecule has 13 heavy (non-hydrogen) atoms. The van der Waals surface area contributed by atoms with Crippen LogP contribution in [0.15, 0.2) is 24.3 Å². The number of benzene rings is 1. The average molecular weight is 178 g/mol. The van der Waals surface area contributed by atoms with Gasteiger partial charge >= 0.3 is 0 Å². The standard InChI is InChI=1S/C9H10N2O2/c10-4-5-13-9-3-1-2-8(6-9)7-11-12/h1-3,6,11-12H,5,7H2. The maximum atomic E-state index is 8.44. The highest BCUT2D eigenvalue weighted by Crippen LogP contribution is 2.12. The highest BCUT2D eigenvalue weighted by Gasteiger charge is 1.95. The number of nitriles is 1. The SMILES string of the molecule is N#CCOc1cccc(CNO)c1. The number of hydroxylamine groups is 1. The summed E-state index contributed by atoms with van der Waals surface area (Å²) in [4.78, 5) is 0. The van der Waals surface area contributed by atoms with Crippen LogP contribution < -0.4 is 10.2 Å². The van der Waals surface area contributed by atoms with Gasteiger partial charge in [-0.25, -0.2) is 5.48 Å². The maximum absolute atomic E-state index is 8.44. The van der Waals surface area contributed by atoms with E-state index < -0.39 is 0 Å². The van der Waals surface area contributed by atoms with E-state index in [-0.39, 0.29) is 6.61 Å². The van der Waals surface area contributed by atoms with Crippen LogP contribution in [0.3, 0.4) is 0 Å². The monoisotopic (exact) mass is 178 g/mol. The van der Waals surface area contributed by atoms with Gasteiger partial charge in [-0.15, -0.1) is 0 Å². The summed E-state index contributed by atoms with van der Waals surface area (Å²) in [5, 5.41) is 16.7. The predicted octanol–water partition coefficient (Wildman–Crippen LogP) is 1.07. The first-order valence-corrected chi connectivity index (χ1v) is 3.82. The molecular formula is C9H10N2O2. The van der Waals surface area contributed by atoms with Crippen LogP contribution in [0.4, 0.5) is 0 Å². The summed E-state index contributed by atoms with van der Waals surface area (Å²) in [6.07, 6.45) is 0. The van der Waals surface area contributed by atoms with Gasteiger partial charge in [0.15, 0.2) is 6.61 Å². The van der Waals surface area contributed by atoms with Crippen LogP contribution in [0, 0.1) is 11.3 Å². The molecule has 0 heterocycles. The van der Waals surface area contributed by atoms with Crippen molar-refractivity contribution in [1.29, 1.82) is 5.26 Å². The van der Waals surface area contributed by atoms with Crippen LogP contribution in [-0.2, 0) is 6.54 Å². The lowest BCUT2D eigenvalue weighted by atomic mass is 10.2. The fourth-order valence-corrected chi connectivity index (χ4v) is 0.952. The Morgan fingerprint density at radius 1 is 1.54 bits per heavy atom. The first kappa shape index (κ1) is 9.52. The predicted molar refractivity (Wildman–Crippen MR) is 46.2 cm³/mol. The van der Waals surface area contributed by atoms with E-state index in [1.54, 1.807) is 18.2 Å². The minimum absolute atomic E-state index is 0.0377. The second-order valence-electron chi connectivity index (χ2n) is 2.43. The molecule has 0 aliphatic rings. The Bertz CT molecular complexity index is 307. The van der Waals surface area contributed by atoms with Gasteiger partial charge in [0.25, 0.3) is 0 Å². The lowest BCUT2D eigenvalue weighted by molar-refractivity contribution is 0.161. The maximum Gasteiger partial charge on any atom is 0.174 e. The van der Waals surface area contributed by atoms with Gasteiger partial charge in [-0.05, 0) is 17.7 Å². The third-order valence-electron chi connectivity index (χ3n) is 1.49. The Hall–Kier alpha value is -1.57. The number of rotatable bonds is 4. The molecule has 0 radical (unpaired) electrons. The summed E-state index contributed by atoms with van der Waals surface area (Å²) in [7, 11) is 0. The summed E-state index contributed by atoms with van der Waals surface area (Å²) in [6, 6.07) is 9.06. The Labute approximate surface area is 76.3 Å². The first-order chi connectivity index (χ1) is 6.36. The molecule has 0 unspecified atom stereocenters. The molecule has 0 spiro atoms. The quantitative estimate of drug-likeness (QED) is 0.677. The summed E-state index contributed by atoms with van der Waals surface area (Å²) >= 11 is 0. The van der Waals surface area contributed by atoms with Gasteiger partial charge < -0.3 is 9.94 Å². The van der Waals surface area contributed by atoms with Crippen LogP contribution in [-0.4, -0.2) is 11.8 Å². The number of nitrogens with zero attached hydrogens (tertiary/aromatic N) is 1. The zero-order chi connectivity index (χ0) is 9.52.